The van der Waals surface area contributed by atoms with Crippen molar-refractivity contribution in [3.63, 3.8) is 0 Å². The summed E-state index contributed by atoms with van der Waals surface area (Å²) in [7, 11) is 0. The van der Waals surface area contributed by atoms with Crippen molar-refractivity contribution in [2.24, 2.45) is 0 Å². The van der Waals surface area contributed by atoms with Gasteiger partial charge in [0.2, 0.25) is 0 Å². The van der Waals surface area contributed by atoms with Gasteiger partial charge in [-0.15, -0.1) is 0 Å². The normalized spacial score (nSPS) is 12.6. The van der Waals surface area contributed by atoms with Crippen LogP contribution in [0, 0.1) is 0 Å². The summed E-state index contributed by atoms with van der Waals surface area (Å²) >= 11 is 0. The Kier molecular flexibility index (Phi) is 3.50. The van der Waals surface area contributed by atoms with Crippen LogP contribution in [0.4, 0.5) is 0 Å². The van der Waals surface area contributed by atoms with Crippen LogP contribution in [0.25, 0.3) is 17.1 Å². The van der Waals surface area contributed by atoms with Gasteiger partial charge in [0, 0.05) is 18.8 Å². The Hall–Kier alpha value is -3.54. The molecule has 25 heavy (non-hydrogen) atoms. The van der Waals surface area contributed by atoms with Crippen LogP contribution in [0.5, 0.6) is 0 Å². The Bertz CT molecular complexity index is 1060. The van der Waals surface area contributed by atoms with E-state index in [1.807, 2.05) is 0 Å². The Balaban J connectivity index is 1.56. The minimum absolute atomic E-state index is 0.204. The fourth-order valence-corrected chi connectivity index (χ4v) is 2.77. The van der Waals surface area contributed by atoms with Crippen LogP contribution >= 0.6 is 0 Å². The fourth-order valence-electron chi connectivity index (χ4n) is 2.77. The third kappa shape index (κ3) is 2.85. The maximum absolute atomic E-state index is 12.4. The molecule has 0 saturated heterocycles. The topological polar surface area (TPSA) is 89.4 Å². The molecule has 1 N–H and O–H groups in total. The highest BCUT2D eigenvalue weighted by Gasteiger charge is 2.19. The zero-order valence-corrected chi connectivity index (χ0v) is 13.0. The SMILES string of the molecule is O=C(O)c1ccc2c(c1)C=C(OC(=O)c1ccc3nccnc3c1)C2. The molecular formula is C19H12N2O4. The third-order valence-corrected chi connectivity index (χ3v) is 4.00. The number of rotatable bonds is 3. The second kappa shape index (κ2) is 5.83. The van der Waals surface area contributed by atoms with Crippen molar-refractivity contribution < 1.29 is 19.4 Å². The number of benzene rings is 2. The number of allylic oxidation sites excluding steroid dienone is 1. The van der Waals surface area contributed by atoms with Crippen molar-refractivity contribution in [3.05, 3.63) is 76.8 Å². The maximum Gasteiger partial charge on any atom is 0.343 e. The minimum Gasteiger partial charge on any atom is -0.478 e. The van der Waals surface area contributed by atoms with Crippen molar-refractivity contribution in [2.45, 2.75) is 6.42 Å². The van der Waals surface area contributed by atoms with Gasteiger partial charge in [-0.1, -0.05) is 6.07 Å². The van der Waals surface area contributed by atoms with E-state index >= 15 is 0 Å². The van der Waals surface area contributed by atoms with Gasteiger partial charge >= 0.3 is 11.9 Å². The van der Waals surface area contributed by atoms with Gasteiger partial charge in [0.15, 0.2) is 0 Å². The first kappa shape index (κ1) is 15.0. The van der Waals surface area contributed by atoms with E-state index in [9.17, 15) is 9.59 Å². The van der Waals surface area contributed by atoms with Crippen LogP contribution in [-0.2, 0) is 11.2 Å². The number of carboxylic acid groups (broad SMARTS) is 1. The Morgan fingerprint density at radius 3 is 2.52 bits per heavy atom. The summed E-state index contributed by atoms with van der Waals surface area (Å²) in [5, 5.41) is 9.05. The second-order valence-corrected chi connectivity index (χ2v) is 5.66. The van der Waals surface area contributed by atoms with Crippen molar-refractivity contribution in [1.82, 2.24) is 9.97 Å². The molecule has 1 aromatic heterocycles. The number of carbonyl (C=O) groups is 2. The largest absolute Gasteiger partial charge is 0.478 e. The van der Waals surface area contributed by atoms with E-state index in [0.717, 1.165) is 11.1 Å². The number of aromatic carboxylic acids is 1. The van der Waals surface area contributed by atoms with Crippen LogP contribution in [0.15, 0.2) is 54.6 Å². The first-order valence-electron chi connectivity index (χ1n) is 7.60. The highest BCUT2D eigenvalue weighted by atomic mass is 16.5. The molecule has 0 bridgehead atoms. The van der Waals surface area contributed by atoms with Gasteiger partial charge in [-0.05, 0) is 47.5 Å². The van der Waals surface area contributed by atoms with E-state index in [2.05, 4.69) is 9.97 Å². The number of aromatic nitrogens is 2. The molecule has 0 fully saturated rings. The quantitative estimate of drug-likeness (QED) is 0.741. The summed E-state index contributed by atoms with van der Waals surface area (Å²) in [5.41, 5.74) is 3.59. The summed E-state index contributed by atoms with van der Waals surface area (Å²) in [4.78, 5) is 31.7. The van der Waals surface area contributed by atoms with E-state index < -0.39 is 11.9 Å². The van der Waals surface area contributed by atoms with Gasteiger partial charge in [0.1, 0.15) is 5.76 Å². The molecule has 0 aliphatic heterocycles. The van der Waals surface area contributed by atoms with Gasteiger partial charge in [-0.25, -0.2) is 9.59 Å². The van der Waals surface area contributed by atoms with E-state index in [-0.39, 0.29) is 5.56 Å². The van der Waals surface area contributed by atoms with Gasteiger partial charge in [0.05, 0.1) is 22.2 Å². The molecule has 0 atom stereocenters. The van der Waals surface area contributed by atoms with E-state index in [0.29, 0.717) is 28.8 Å². The first-order valence-corrected chi connectivity index (χ1v) is 7.60. The van der Waals surface area contributed by atoms with Crippen molar-refractivity contribution in [3.8, 4) is 0 Å². The number of nitrogens with zero attached hydrogens (tertiary/aromatic N) is 2. The number of hydrogen-bond acceptors (Lipinski definition) is 5. The molecule has 0 spiro atoms. The van der Waals surface area contributed by atoms with Crippen LogP contribution in [0.3, 0.4) is 0 Å². The monoisotopic (exact) mass is 332 g/mol. The molecule has 3 aromatic rings. The molecule has 0 unspecified atom stereocenters. The lowest BCUT2D eigenvalue weighted by molar-refractivity contribution is 0.0622. The first-order chi connectivity index (χ1) is 12.1. The van der Waals surface area contributed by atoms with Gasteiger partial charge in [-0.3, -0.25) is 9.97 Å². The molecule has 2 aromatic carbocycles. The average molecular weight is 332 g/mol. The molecule has 1 aliphatic rings. The standard InChI is InChI=1S/C19H12N2O4/c22-18(23)12-2-1-11-8-15(9-14(11)7-12)25-19(24)13-3-4-16-17(10-13)21-6-5-20-16/h1-7,9-10H,8H2,(H,22,23). The number of fused-ring (bicyclic) bond motifs is 2. The van der Waals surface area contributed by atoms with Gasteiger partial charge in [0.25, 0.3) is 0 Å². The van der Waals surface area contributed by atoms with Crippen LogP contribution in [-0.4, -0.2) is 27.0 Å². The zero-order valence-electron chi connectivity index (χ0n) is 13.0. The molecular weight excluding hydrogens is 320 g/mol. The Labute approximate surface area is 142 Å². The molecule has 0 radical (unpaired) electrons. The molecule has 1 heterocycles. The van der Waals surface area contributed by atoms with Crippen molar-refractivity contribution in [2.75, 3.05) is 0 Å². The highest BCUT2D eigenvalue weighted by molar-refractivity contribution is 5.94. The molecule has 0 amide bonds. The Morgan fingerprint density at radius 1 is 0.960 bits per heavy atom. The number of carboxylic acids is 1. The minimum atomic E-state index is -0.987. The molecule has 1 aliphatic carbocycles. The second-order valence-electron chi connectivity index (χ2n) is 5.66. The van der Waals surface area contributed by atoms with Crippen molar-refractivity contribution in [1.29, 1.82) is 0 Å². The number of ether oxygens (including phenoxy) is 1. The molecule has 122 valence electrons. The number of esters is 1. The van der Waals surface area contributed by atoms with E-state index in [1.165, 1.54) is 0 Å². The van der Waals surface area contributed by atoms with Crippen LogP contribution in [0.1, 0.15) is 31.8 Å². The lowest BCUT2D eigenvalue weighted by Gasteiger charge is -2.05. The Morgan fingerprint density at radius 2 is 1.72 bits per heavy atom. The van der Waals surface area contributed by atoms with Crippen LogP contribution in [0.2, 0.25) is 0 Å². The van der Waals surface area contributed by atoms with Crippen molar-refractivity contribution >= 4 is 29.0 Å². The summed E-state index contributed by atoms with van der Waals surface area (Å²) in [6, 6.07) is 9.85. The lowest BCUT2D eigenvalue weighted by Crippen LogP contribution is -2.05. The smallest absolute Gasteiger partial charge is 0.343 e. The summed E-state index contributed by atoms with van der Waals surface area (Å²) in [6.45, 7) is 0. The molecule has 0 saturated carbocycles. The zero-order chi connectivity index (χ0) is 17.4. The molecule has 4 rings (SSSR count). The highest BCUT2D eigenvalue weighted by Crippen LogP contribution is 2.27. The number of hydrogen-bond donors (Lipinski definition) is 1. The predicted octanol–water partition coefficient (Wildman–Crippen LogP) is 3.08. The molecule has 6 heteroatoms. The van der Waals surface area contributed by atoms with Gasteiger partial charge in [-0.2, -0.15) is 0 Å². The predicted molar refractivity (Wildman–Crippen MR) is 90.0 cm³/mol. The third-order valence-electron chi connectivity index (χ3n) is 4.00. The molecule has 6 nitrogen and oxygen atoms in total. The number of carbonyl (C=O) groups excluding carboxylic acids is 1. The lowest BCUT2D eigenvalue weighted by atomic mass is 10.1. The summed E-state index contributed by atoms with van der Waals surface area (Å²) in [5.74, 6) is -0.981. The van der Waals surface area contributed by atoms with E-state index in [1.54, 1.807) is 54.9 Å². The van der Waals surface area contributed by atoms with E-state index in [4.69, 9.17) is 9.84 Å². The summed E-state index contributed by atoms with van der Waals surface area (Å²) < 4.78 is 5.46. The van der Waals surface area contributed by atoms with Crippen LogP contribution < -0.4 is 0 Å². The average Bonchev–Trinajstić information content (AvgIpc) is 3.02. The summed E-state index contributed by atoms with van der Waals surface area (Å²) in [6.07, 6.45) is 5.30. The maximum atomic E-state index is 12.4. The fraction of sp³-hybridized carbons (Fsp3) is 0.0526. The van der Waals surface area contributed by atoms with Gasteiger partial charge < -0.3 is 9.84 Å².